The normalized spacial score (nSPS) is 11.9. The van der Waals surface area contributed by atoms with Crippen LogP contribution >= 0.6 is 0 Å². The van der Waals surface area contributed by atoms with E-state index in [9.17, 15) is 8.42 Å². The van der Waals surface area contributed by atoms with Crippen LogP contribution < -0.4 is 4.72 Å². The molecule has 0 atom stereocenters. The van der Waals surface area contributed by atoms with Crippen LogP contribution in [0.15, 0.2) is 59.9 Å². The van der Waals surface area contributed by atoms with E-state index in [-0.39, 0.29) is 4.90 Å². The molecule has 0 fully saturated rings. The number of benzene rings is 2. The van der Waals surface area contributed by atoms with Crippen molar-refractivity contribution in [2.24, 2.45) is 7.05 Å². The molecular weight excluding hydrogens is 336 g/mol. The van der Waals surface area contributed by atoms with Gasteiger partial charge in [-0.3, -0.25) is 9.71 Å². The molecule has 6 nitrogen and oxygen atoms in total. The van der Waals surface area contributed by atoms with Crippen LogP contribution in [0.2, 0.25) is 0 Å². The maximum Gasteiger partial charge on any atom is 0.264 e. The fourth-order valence-electron chi connectivity index (χ4n) is 2.96. The molecule has 4 rings (SSSR count). The Hall–Kier alpha value is -2.93. The monoisotopic (exact) mass is 352 g/mol. The minimum atomic E-state index is -3.78. The van der Waals surface area contributed by atoms with E-state index in [0.29, 0.717) is 16.8 Å². The van der Waals surface area contributed by atoms with Crippen LogP contribution in [0, 0.1) is 6.92 Å². The second-order valence-electron chi connectivity index (χ2n) is 5.95. The highest BCUT2D eigenvalue weighted by molar-refractivity contribution is 7.93. The van der Waals surface area contributed by atoms with E-state index in [1.807, 2.05) is 29.8 Å². The molecule has 0 radical (unpaired) electrons. The topological polar surface area (TPSA) is 76.9 Å². The Kier molecular flexibility index (Phi) is 3.47. The number of sulfonamides is 1. The Bertz CT molecular complexity index is 1210. The number of aryl methyl sites for hydroxylation is 2. The van der Waals surface area contributed by atoms with Crippen molar-refractivity contribution >= 4 is 37.6 Å². The van der Waals surface area contributed by atoms with Gasteiger partial charge in [0.2, 0.25) is 0 Å². The highest BCUT2D eigenvalue weighted by Gasteiger charge is 2.21. The molecule has 0 aliphatic heterocycles. The summed E-state index contributed by atoms with van der Waals surface area (Å²) in [4.78, 5) is 8.73. The second kappa shape index (κ2) is 5.56. The first-order chi connectivity index (χ1) is 12.0. The van der Waals surface area contributed by atoms with Crippen molar-refractivity contribution in [1.29, 1.82) is 0 Å². The van der Waals surface area contributed by atoms with Gasteiger partial charge in [-0.2, -0.15) is 0 Å². The first kappa shape index (κ1) is 15.6. The summed E-state index contributed by atoms with van der Waals surface area (Å²) in [5.41, 5.74) is 3.26. The van der Waals surface area contributed by atoms with Gasteiger partial charge in [0.15, 0.2) is 0 Å². The lowest BCUT2D eigenvalue weighted by Crippen LogP contribution is -2.15. The molecular formula is C18H16N4O2S. The van der Waals surface area contributed by atoms with Gasteiger partial charge in [-0.1, -0.05) is 18.2 Å². The predicted molar refractivity (Wildman–Crippen MR) is 98.0 cm³/mol. The number of rotatable bonds is 3. The lowest BCUT2D eigenvalue weighted by molar-refractivity contribution is 0.601. The first-order valence-electron chi connectivity index (χ1n) is 7.74. The molecule has 0 bridgehead atoms. The molecule has 2 heterocycles. The van der Waals surface area contributed by atoms with Crippen molar-refractivity contribution in [1.82, 2.24) is 14.5 Å². The van der Waals surface area contributed by atoms with Gasteiger partial charge in [-0.25, -0.2) is 13.4 Å². The van der Waals surface area contributed by atoms with Gasteiger partial charge in [0.05, 0.1) is 28.6 Å². The first-order valence-corrected chi connectivity index (χ1v) is 9.22. The zero-order valence-corrected chi connectivity index (χ0v) is 14.6. The Morgan fingerprint density at radius 1 is 1.08 bits per heavy atom. The van der Waals surface area contributed by atoms with Gasteiger partial charge >= 0.3 is 0 Å². The van der Waals surface area contributed by atoms with Crippen molar-refractivity contribution in [2.75, 3.05) is 4.72 Å². The second-order valence-corrected chi connectivity index (χ2v) is 7.57. The molecule has 25 heavy (non-hydrogen) atoms. The minimum Gasteiger partial charge on any atom is -0.334 e. The zero-order chi connectivity index (χ0) is 17.6. The molecule has 0 saturated heterocycles. The van der Waals surface area contributed by atoms with E-state index in [4.69, 9.17) is 0 Å². The molecule has 0 saturated carbocycles. The number of pyridine rings is 1. The van der Waals surface area contributed by atoms with E-state index in [1.165, 1.54) is 0 Å². The van der Waals surface area contributed by atoms with Gasteiger partial charge in [0, 0.05) is 18.6 Å². The Labute approximate surface area is 145 Å². The standard InChI is InChI=1S/C18H16N4O2S/c1-12-5-6-13-4-3-9-19-17(13)18(12)25(23,24)21-14-7-8-16-15(10-14)20-11-22(16)2/h3-11,21H,1-2H3. The largest absolute Gasteiger partial charge is 0.334 e. The minimum absolute atomic E-state index is 0.201. The van der Waals surface area contributed by atoms with Crippen LogP contribution in [-0.2, 0) is 17.1 Å². The van der Waals surface area contributed by atoms with Crippen molar-refractivity contribution < 1.29 is 8.42 Å². The molecule has 0 aliphatic carbocycles. The third-order valence-electron chi connectivity index (χ3n) is 4.17. The molecule has 0 amide bonds. The lowest BCUT2D eigenvalue weighted by Gasteiger charge is -2.12. The van der Waals surface area contributed by atoms with Crippen LogP contribution in [-0.4, -0.2) is 23.0 Å². The van der Waals surface area contributed by atoms with Gasteiger partial charge < -0.3 is 4.57 Å². The van der Waals surface area contributed by atoms with Gasteiger partial charge in [-0.05, 0) is 36.8 Å². The fourth-order valence-corrected chi connectivity index (χ4v) is 4.42. The number of anilines is 1. The average molecular weight is 352 g/mol. The molecule has 2 aromatic carbocycles. The molecule has 7 heteroatoms. The number of imidazole rings is 1. The molecule has 0 spiro atoms. The number of fused-ring (bicyclic) bond motifs is 2. The van der Waals surface area contributed by atoms with Crippen molar-refractivity contribution in [2.45, 2.75) is 11.8 Å². The van der Waals surface area contributed by atoms with Crippen LogP contribution in [0.3, 0.4) is 0 Å². The Balaban J connectivity index is 1.83. The van der Waals surface area contributed by atoms with Crippen LogP contribution in [0.4, 0.5) is 5.69 Å². The van der Waals surface area contributed by atoms with E-state index >= 15 is 0 Å². The fraction of sp³-hybridized carbons (Fsp3) is 0.111. The summed E-state index contributed by atoms with van der Waals surface area (Å²) < 4.78 is 30.5. The zero-order valence-electron chi connectivity index (χ0n) is 13.8. The quantitative estimate of drug-likeness (QED) is 0.614. The number of hydrogen-bond donors (Lipinski definition) is 1. The third-order valence-corrected chi connectivity index (χ3v) is 5.73. The smallest absolute Gasteiger partial charge is 0.264 e. The van der Waals surface area contributed by atoms with E-state index < -0.39 is 10.0 Å². The van der Waals surface area contributed by atoms with Gasteiger partial charge in [0.1, 0.15) is 4.90 Å². The van der Waals surface area contributed by atoms with Crippen LogP contribution in [0.5, 0.6) is 0 Å². The van der Waals surface area contributed by atoms with Gasteiger partial charge in [0.25, 0.3) is 10.0 Å². The summed E-state index contributed by atoms with van der Waals surface area (Å²) in [5, 5.41) is 0.786. The molecule has 2 aromatic heterocycles. The molecule has 126 valence electrons. The average Bonchev–Trinajstić information content (AvgIpc) is 2.94. The molecule has 4 aromatic rings. The van der Waals surface area contributed by atoms with Gasteiger partial charge in [-0.15, -0.1) is 0 Å². The number of hydrogen-bond acceptors (Lipinski definition) is 4. The lowest BCUT2D eigenvalue weighted by atomic mass is 10.1. The van der Waals surface area contributed by atoms with E-state index in [2.05, 4.69) is 14.7 Å². The maximum absolute atomic E-state index is 13.0. The molecule has 0 aliphatic rings. The summed E-state index contributed by atoms with van der Waals surface area (Å²) >= 11 is 0. The maximum atomic E-state index is 13.0. The summed E-state index contributed by atoms with van der Waals surface area (Å²) in [7, 11) is -1.89. The number of nitrogens with zero attached hydrogens (tertiary/aromatic N) is 3. The molecule has 0 unspecified atom stereocenters. The van der Waals surface area contributed by atoms with Crippen LogP contribution in [0.25, 0.3) is 21.9 Å². The highest BCUT2D eigenvalue weighted by atomic mass is 32.2. The highest BCUT2D eigenvalue weighted by Crippen LogP contribution is 2.27. The summed E-state index contributed by atoms with van der Waals surface area (Å²) in [6, 6.07) is 12.6. The van der Waals surface area contributed by atoms with Crippen molar-refractivity contribution in [3.8, 4) is 0 Å². The molecule has 1 N–H and O–H groups in total. The van der Waals surface area contributed by atoms with E-state index in [0.717, 1.165) is 16.4 Å². The van der Waals surface area contributed by atoms with Crippen molar-refractivity contribution in [3.05, 3.63) is 60.6 Å². The Morgan fingerprint density at radius 3 is 2.76 bits per heavy atom. The SMILES string of the molecule is Cc1ccc2cccnc2c1S(=O)(=O)Nc1ccc2c(c1)ncn2C. The number of nitrogens with one attached hydrogen (secondary N) is 1. The van der Waals surface area contributed by atoms with E-state index in [1.54, 1.807) is 43.7 Å². The summed E-state index contributed by atoms with van der Waals surface area (Å²) in [5.74, 6) is 0. The summed E-state index contributed by atoms with van der Waals surface area (Å²) in [6.45, 7) is 1.77. The van der Waals surface area contributed by atoms with Crippen molar-refractivity contribution in [3.63, 3.8) is 0 Å². The summed E-state index contributed by atoms with van der Waals surface area (Å²) in [6.07, 6.45) is 3.29. The Morgan fingerprint density at radius 2 is 1.92 bits per heavy atom. The predicted octanol–water partition coefficient (Wildman–Crippen LogP) is 3.23. The number of aromatic nitrogens is 3. The third kappa shape index (κ3) is 2.62. The van der Waals surface area contributed by atoms with Crippen LogP contribution in [0.1, 0.15) is 5.56 Å².